The summed E-state index contributed by atoms with van der Waals surface area (Å²) in [4.78, 5) is 13.1. The number of hydrogen-bond donors (Lipinski definition) is 2. The molecule has 1 amide bonds. The topological polar surface area (TPSA) is 78.5 Å². The Morgan fingerprint density at radius 1 is 1.38 bits per heavy atom. The number of piperidine rings is 1. The van der Waals surface area contributed by atoms with E-state index in [9.17, 15) is 13.2 Å². The number of carbonyl (C=O) groups is 1. The first-order chi connectivity index (χ1) is 11.5. The molecule has 2 unspecified atom stereocenters. The summed E-state index contributed by atoms with van der Waals surface area (Å²) < 4.78 is 27.2. The van der Waals surface area contributed by atoms with E-state index < -0.39 is 10.0 Å². The highest BCUT2D eigenvalue weighted by Gasteiger charge is 2.32. The van der Waals surface area contributed by atoms with E-state index in [2.05, 4.69) is 17.6 Å². The van der Waals surface area contributed by atoms with Crippen molar-refractivity contribution in [3.63, 3.8) is 0 Å². The molecule has 134 valence electrons. The van der Waals surface area contributed by atoms with Crippen LogP contribution in [0.2, 0.25) is 0 Å². The first-order valence-electron chi connectivity index (χ1n) is 8.18. The Bertz CT molecular complexity index is 683. The van der Waals surface area contributed by atoms with Gasteiger partial charge in [-0.15, -0.1) is 11.3 Å². The van der Waals surface area contributed by atoms with Crippen LogP contribution in [0.3, 0.4) is 0 Å². The number of sulfonamides is 1. The van der Waals surface area contributed by atoms with E-state index in [0.717, 1.165) is 30.9 Å². The Balaban J connectivity index is 1.75. The monoisotopic (exact) mass is 389 g/mol. The maximum absolute atomic E-state index is 12.9. The molecule has 0 bridgehead atoms. The van der Waals surface area contributed by atoms with Gasteiger partial charge >= 0.3 is 0 Å². The van der Waals surface area contributed by atoms with E-state index in [4.69, 9.17) is 0 Å². The highest BCUT2D eigenvalue weighted by Crippen LogP contribution is 2.27. The van der Waals surface area contributed by atoms with Crippen molar-refractivity contribution in [2.75, 3.05) is 31.1 Å². The highest BCUT2D eigenvalue weighted by molar-refractivity contribution is 7.99. The van der Waals surface area contributed by atoms with Crippen LogP contribution in [0.1, 0.15) is 29.4 Å². The minimum absolute atomic E-state index is 0.0952. The quantitative estimate of drug-likeness (QED) is 0.813. The molecule has 1 aromatic heterocycles. The highest BCUT2D eigenvalue weighted by atomic mass is 32.2. The van der Waals surface area contributed by atoms with Gasteiger partial charge in [0.05, 0.1) is 0 Å². The summed E-state index contributed by atoms with van der Waals surface area (Å²) in [6.07, 6.45) is 1.73. The Labute approximate surface area is 151 Å². The molecule has 0 spiro atoms. The van der Waals surface area contributed by atoms with Crippen LogP contribution in [0.5, 0.6) is 0 Å². The summed E-state index contributed by atoms with van der Waals surface area (Å²) in [5.41, 5.74) is 0. The van der Waals surface area contributed by atoms with Gasteiger partial charge in [-0.2, -0.15) is 16.1 Å². The van der Waals surface area contributed by atoms with Crippen molar-refractivity contribution in [3.8, 4) is 0 Å². The molecule has 2 aliphatic heterocycles. The predicted molar refractivity (Wildman–Crippen MR) is 98.4 cm³/mol. The van der Waals surface area contributed by atoms with Gasteiger partial charge in [-0.3, -0.25) is 4.79 Å². The zero-order valence-corrected chi connectivity index (χ0v) is 16.1. The van der Waals surface area contributed by atoms with Crippen LogP contribution in [-0.4, -0.2) is 61.9 Å². The van der Waals surface area contributed by atoms with Crippen molar-refractivity contribution >= 4 is 39.0 Å². The van der Waals surface area contributed by atoms with Gasteiger partial charge in [-0.25, -0.2) is 8.42 Å². The average Bonchev–Trinajstić information content (AvgIpc) is 3.06. The summed E-state index contributed by atoms with van der Waals surface area (Å²) >= 11 is 2.96. The SMILES string of the molecule is CC1CC(NC(=O)c2sccc2S(=O)(=O)N2CCSCC2)CCN1. The van der Waals surface area contributed by atoms with Gasteiger partial charge in [0, 0.05) is 36.7 Å². The summed E-state index contributed by atoms with van der Waals surface area (Å²) in [7, 11) is -3.59. The second kappa shape index (κ2) is 7.74. The molecule has 3 rings (SSSR count). The molecular formula is C15H23N3O3S3. The molecule has 2 aliphatic rings. The molecular weight excluding hydrogens is 366 g/mol. The van der Waals surface area contributed by atoms with Crippen LogP contribution in [0.4, 0.5) is 0 Å². The van der Waals surface area contributed by atoms with Gasteiger partial charge < -0.3 is 10.6 Å². The lowest BCUT2D eigenvalue weighted by Gasteiger charge is -2.29. The molecule has 9 heteroatoms. The van der Waals surface area contributed by atoms with Crippen molar-refractivity contribution in [1.29, 1.82) is 0 Å². The number of nitrogens with one attached hydrogen (secondary N) is 2. The van der Waals surface area contributed by atoms with Crippen molar-refractivity contribution in [3.05, 3.63) is 16.3 Å². The molecule has 0 saturated carbocycles. The number of carbonyl (C=O) groups excluding carboxylic acids is 1. The van der Waals surface area contributed by atoms with Gasteiger partial charge in [-0.1, -0.05) is 0 Å². The van der Waals surface area contributed by atoms with Crippen molar-refractivity contribution in [1.82, 2.24) is 14.9 Å². The normalized spacial score (nSPS) is 26.2. The van der Waals surface area contributed by atoms with Gasteiger partial charge in [-0.05, 0) is 37.8 Å². The van der Waals surface area contributed by atoms with Crippen LogP contribution in [0, 0.1) is 0 Å². The standard InChI is InChI=1S/C15H23N3O3S3/c1-11-10-12(2-4-16-11)17-15(19)14-13(3-7-23-14)24(20,21)18-5-8-22-9-6-18/h3,7,11-12,16H,2,4-6,8-10H2,1H3,(H,17,19). The minimum atomic E-state index is -3.59. The van der Waals surface area contributed by atoms with E-state index in [1.807, 2.05) is 0 Å². The molecule has 2 saturated heterocycles. The van der Waals surface area contributed by atoms with E-state index in [0.29, 0.717) is 24.0 Å². The second-order valence-corrected chi connectivity index (χ2v) is 10.2. The molecule has 2 N–H and O–H groups in total. The minimum Gasteiger partial charge on any atom is -0.348 e. The fourth-order valence-corrected chi connectivity index (χ4v) is 6.99. The molecule has 2 atom stereocenters. The molecule has 0 radical (unpaired) electrons. The van der Waals surface area contributed by atoms with E-state index in [1.165, 1.54) is 15.6 Å². The van der Waals surface area contributed by atoms with Crippen molar-refractivity contribution < 1.29 is 13.2 Å². The first kappa shape index (κ1) is 18.2. The van der Waals surface area contributed by atoms with Crippen LogP contribution < -0.4 is 10.6 Å². The molecule has 3 heterocycles. The van der Waals surface area contributed by atoms with Crippen LogP contribution in [0.25, 0.3) is 0 Å². The number of thiophene rings is 1. The lowest BCUT2D eigenvalue weighted by molar-refractivity contribution is 0.0926. The fraction of sp³-hybridized carbons (Fsp3) is 0.667. The third kappa shape index (κ3) is 3.96. The Morgan fingerprint density at radius 3 is 2.83 bits per heavy atom. The Kier molecular flexibility index (Phi) is 5.86. The number of nitrogens with zero attached hydrogens (tertiary/aromatic N) is 1. The first-order valence-corrected chi connectivity index (χ1v) is 11.7. The van der Waals surface area contributed by atoms with Gasteiger partial charge in [0.25, 0.3) is 5.91 Å². The summed E-state index contributed by atoms with van der Waals surface area (Å²) in [5.74, 6) is 1.34. The Hall–Kier alpha value is -0.610. The molecule has 2 fully saturated rings. The van der Waals surface area contributed by atoms with Gasteiger partial charge in [0.2, 0.25) is 10.0 Å². The lowest BCUT2D eigenvalue weighted by atomic mass is 10.0. The third-order valence-corrected chi connectivity index (χ3v) is 8.31. The third-order valence-electron chi connectivity index (χ3n) is 4.38. The largest absolute Gasteiger partial charge is 0.348 e. The Morgan fingerprint density at radius 2 is 2.12 bits per heavy atom. The second-order valence-electron chi connectivity index (χ2n) is 6.18. The van der Waals surface area contributed by atoms with E-state index in [1.54, 1.807) is 23.2 Å². The number of rotatable bonds is 4. The van der Waals surface area contributed by atoms with Crippen LogP contribution in [0.15, 0.2) is 16.3 Å². The van der Waals surface area contributed by atoms with Crippen molar-refractivity contribution in [2.45, 2.75) is 36.7 Å². The van der Waals surface area contributed by atoms with E-state index in [-0.39, 0.29) is 16.8 Å². The molecule has 1 aromatic rings. The van der Waals surface area contributed by atoms with Crippen LogP contribution in [-0.2, 0) is 10.0 Å². The zero-order chi connectivity index (χ0) is 17.2. The lowest BCUT2D eigenvalue weighted by Crippen LogP contribution is -2.46. The summed E-state index contributed by atoms with van der Waals surface area (Å²) in [5, 5.41) is 8.04. The fourth-order valence-electron chi connectivity index (χ4n) is 3.11. The molecule has 0 aromatic carbocycles. The average molecular weight is 390 g/mol. The molecule has 0 aliphatic carbocycles. The number of thioether (sulfide) groups is 1. The maximum atomic E-state index is 12.9. The zero-order valence-electron chi connectivity index (χ0n) is 13.7. The number of hydrogen-bond acceptors (Lipinski definition) is 6. The summed E-state index contributed by atoms with van der Waals surface area (Å²) in [6.45, 7) is 3.98. The van der Waals surface area contributed by atoms with Crippen LogP contribution >= 0.6 is 23.1 Å². The molecule has 24 heavy (non-hydrogen) atoms. The predicted octanol–water partition coefficient (Wildman–Crippen LogP) is 1.36. The summed E-state index contributed by atoms with van der Waals surface area (Å²) in [6, 6.07) is 2.01. The maximum Gasteiger partial charge on any atom is 0.262 e. The molecule has 6 nitrogen and oxygen atoms in total. The van der Waals surface area contributed by atoms with E-state index >= 15 is 0 Å². The van der Waals surface area contributed by atoms with Crippen molar-refractivity contribution in [2.24, 2.45) is 0 Å². The number of amides is 1. The van der Waals surface area contributed by atoms with Gasteiger partial charge in [0.15, 0.2) is 0 Å². The van der Waals surface area contributed by atoms with Gasteiger partial charge in [0.1, 0.15) is 9.77 Å². The smallest absolute Gasteiger partial charge is 0.262 e.